The number of aliphatic carboxylic acids is 1. The van der Waals surface area contributed by atoms with Crippen molar-refractivity contribution in [3.05, 3.63) is 0 Å². The van der Waals surface area contributed by atoms with Crippen LogP contribution < -0.4 is 5.32 Å². The van der Waals surface area contributed by atoms with Crippen molar-refractivity contribution in [3.8, 4) is 0 Å². The lowest BCUT2D eigenvalue weighted by Crippen LogP contribution is -2.45. The molecule has 0 spiro atoms. The number of carboxylic acids is 1. The van der Waals surface area contributed by atoms with Gasteiger partial charge in [0.25, 0.3) is 0 Å². The van der Waals surface area contributed by atoms with E-state index < -0.39 is 17.8 Å². The maximum absolute atomic E-state index is 12.4. The first kappa shape index (κ1) is 17.0. The number of ether oxygens (including phenoxy) is 1. The molecular weight excluding hydrogens is 258 g/mol. The Morgan fingerprint density at radius 3 is 2.35 bits per heavy atom. The molecule has 5 heteroatoms. The number of methoxy groups -OCH3 is 1. The smallest absolute Gasteiger partial charge is 0.307 e. The van der Waals surface area contributed by atoms with Crippen LogP contribution in [0.3, 0.4) is 0 Å². The molecule has 4 unspecified atom stereocenters. The van der Waals surface area contributed by atoms with E-state index >= 15 is 0 Å². The fraction of sp³-hybridized carbons (Fsp3) is 0.867. The Labute approximate surface area is 121 Å². The highest BCUT2D eigenvalue weighted by atomic mass is 16.5. The zero-order chi connectivity index (χ0) is 15.3. The van der Waals surface area contributed by atoms with Crippen molar-refractivity contribution in [1.29, 1.82) is 0 Å². The summed E-state index contributed by atoms with van der Waals surface area (Å²) in [5.74, 6) is -1.35. The van der Waals surface area contributed by atoms with Crippen LogP contribution >= 0.6 is 0 Å². The molecule has 2 N–H and O–H groups in total. The van der Waals surface area contributed by atoms with Gasteiger partial charge in [0, 0.05) is 7.11 Å². The molecule has 0 bridgehead atoms. The minimum Gasteiger partial charge on any atom is -0.481 e. The molecule has 0 aromatic carbocycles. The van der Waals surface area contributed by atoms with E-state index in [9.17, 15) is 14.7 Å². The van der Waals surface area contributed by atoms with Crippen molar-refractivity contribution in [3.63, 3.8) is 0 Å². The third-order valence-corrected chi connectivity index (χ3v) is 4.37. The van der Waals surface area contributed by atoms with Crippen molar-refractivity contribution in [1.82, 2.24) is 5.32 Å². The summed E-state index contributed by atoms with van der Waals surface area (Å²) in [4.78, 5) is 23.7. The van der Waals surface area contributed by atoms with E-state index in [1.807, 2.05) is 20.8 Å². The molecule has 0 aromatic rings. The Hall–Kier alpha value is -1.10. The van der Waals surface area contributed by atoms with Gasteiger partial charge in [0.1, 0.15) is 0 Å². The van der Waals surface area contributed by atoms with Gasteiger partial charge in [-0.25, -0.2) is 0 Å². The molecule has 5 nitrogen and oxygen atoms in total. The number of hydrogen-bond acceptors (Lipinski definition) is 3. The second-order valence-electron chi connectivity index (χ2n) is 6.11. The quantitative estimate of drug-likeness (QED) is 0.749. The minimum atomic E-state index is -0.853. The molecular formula is C15H27NO4. The van der Waals surface area contributed by atoms with Crippen LogP contribution in [-0.4, -0.2) is 36.7 Å². The molecule has 1 amide bonds. The SMILES string of the molecule is CCC1CC(C(=O)O)C(C(=O)NC(COC)C(C)C)C1. The van der Waals surface area contributed by atoms with E-state index in [1.165, 1.54) is 0 Å². The Bertz CT molecular complexity index is 343. The van der Waals surface area contributed by atoms with Gasteiger partial charge in [-0.15, -0.1) is 0 Å². The Morgan fingerprint density at radius 2 is 1.90 bits per heavy atom. The molecule has 0 heterocycles. The molecule has 1 saturated carbocycles. The van der Waals surface area contributed by atoms with E-state index in [0.29, 0.717) is 25.4 Å². The largest absolute Gasteiger partial charge is 0.481 e. The van der Waals surface area contributed by atoms with Crippen molar-refractivity contribution >= 4 is 11.9 Å². The Kier molecular flexibility index (Phi) is 6.46. The van der Waals surface area contributed by atoms with Gasteiger partial charge in [-0.2, -0.15) is 0 Å². The topological polar surface area (TPSA) is 75.6 Å². The number of hydrogen-bond donors (Lipinski definition) is 2. The van der Waals surface area contributed by atoms with Crippen LogP contribution in [0.1, 0.15) is 40.0 Å². The molecule has 1 aliphatic rings. The highest BCUT2D eigenvalue weighted by molar-refractivity contribution is 5.85. The van der Waals surface area contributed by atoms with Crippen molar-refractivity contribution in [2.24, 2.45) is 23.7 Å². The highest BCUT2D eigenvalue weighted by Crippen LogP contribution is 2.38. The summed E-state index contributed by atoms with van der Waals surface area (Å²) in [7, 11) is 1.60. The first-order chi connectivity index (χ1) is 9.40. The zero-order valence-corrected chi connectivity index (χ0v) is 12.9. The number of carbonyl (C=O) groups excluding carboxylic acids is 1. The van der Waals surface area contributed by atoms with Gasteiger partial charge < -0.3 is 15.2 Å². The normalized spacial score (nSPS) is 27.6. The number of carboxylic acid groups (broad SMARTS) is 1. The predicted octanol–water partition coefficient (Wildman–Crippen LogP) is 1.91. The maximum atomic E-state index is 12.4. The molecule has 20 heavy (non-hydrogen) atoms. The van der Waals surface area contributed by atoms with E-state index in [0.717, 1.165) is 6.42 Å². The summed E-state index contributed by atoms with van der Waals surface area (Å²) in [5.41, 5.74) is 0. The van der Waals surface area contributed by atoms with Crippen molar-refractivity contribution in [2.75, 3.05) is 13.7 Å². The standard InChI is InChI=1S/C15H27NO4/c1-5-10-6-11(12(7-10)15(18)19)14(17)16-13(8-20-4)9(2)3/h9-13H,5-8H2,1-4H3,(H,16,17)(H,18,19). The van der Waals surface area contributed by atoms with E-state index in [1.54, 1.807) is 7.11 Å². The highest BCUT2D eigenvalue weighted by Gasteiger charge is 2.42. The summed E-state index contributed by atoms with van der Waals surface area (Å²) >= 11 is 0. The summed E-state index contributed by atoms with van der Waals surface area (Å²) in [6, 6.07) is -0.0670. The lowest BCUT2D eigenvalue weighted by atomic mass is 9.94. The van der Waals surface area contributed by atoms with Crippen molar-refractivity contribution in [2.45, 2.75) is 46.1 Å². The lowest BCUT2D eigenvalue weighted by Gasteiger charge is -2.24. The lowest BCUT2D eigenvalue weighted by molar-refractivity contribution is -0.146. The van der Waals surface area contributed by atoms with Crippen LogP contribution in [0.2, 0.25) is 0 Å². The maximum Gasteiger partial charge on any atom is 0.307 e. The summed E-state index contributed by atoms with van der Waals surface area (Å²) < 4.78 is 5.11. The average Bonchev–Trinajstić information content (AvgIpc) is 2.82. The van der Waals surface area contributed by atoms with Gasteiger partial charge in [0.15, 0.2) is 0 Å². The first-order valence-corrected chi connectivity index (χ1v) is 7.42. The van der Waals surface area contributed by atoms with Gasteiger partial charge in [-0.1, -0.05) is 27.2 Å². The van der Waals surface area contributed by atoms with E-state index in [4.69, 9.17) is 4.74 Å². The Balaban J connectivity index is 2.71. The van der Waals surface area contributed by atoms with E-state index in [-0.39, 0.29) is 17.9 Å². The van der Waals surface area contributed by atoms with Crippen LogP contribution in [0.4, 0.5) is 0 Å². The second kappa shape index (κ2) is 7.62. The minimum absolute atomic E-state index is 0.0670. The molecule has 4 atom stereocenters. The van der Waals surface area contributed by atoms with Crippen molar-refractivity contribution < 1.29 is 19.4 Å². The van der Waals surface area contributed by atoms with Gasteiger partial charge in [0.05, 0.1) is 24.5 Å². The summed E-state index contributed by atoms with van der Waals surface area (Å²) in [6.07, 6.45) is 2.22. The monoisotopic (exact) mass is 285 g/mol. The average molecular weight is 285 g/mol. The molecule has 0 aromatic heterocycles. The summed E-state index contributed by atoms with van der Waals surface area (Å²) in [6.45, 7) is 6.53. The molecule has 0 aliphatic heterocycles. The number of amides is 1. The number of rotatable bonds is 7. The molecule has 1 aliphatic carbocycles. The van der Waals surface area contributed by atoms with E-state index in [2.05, 4.69) is 5.32 Å². The van der Waals surface area contributed by atoms with Crippen LogP contribution in [0.15, 0.2) is 0 Å². The molecule has 116 valence electrons. The van der Waals surface area contributed by atoms with Crippen LogP contribution in [0.25, 0.3) is 0 Å². The van der Waals surface area contributed by atoms with Gasteiger partial charge >= 0.3 is 5.97 Å². The van der Waals surface area contributed by atoms with Gasteiger partial charge in [0.2, 0.25) is 5.91 Å². The van der Waals surface area contributed by atoms with Crippen LogP contribution in [0, 0.1) is 23.7 Å². The second-order valence-corrected chi connectivity index (χ2v) is 6.11. The first-order valence-electron chi connectivity index (χ1n) is 7.42. The molecule has 1 fully saturated rings. The van der Waals surface area contributed by atoms with Gasteiger partial charge in [-0.3, -0.25) is 9.59 Å². The van der Waals surface area contributed by atoms with Crippen LogP contribution in [-0.2, 0) is 14.3 Å². The zero-order valence-electron chi connectivity index (χ0n) is 12.9. The fourth-order valence-corrected chi connectivity index (χ4v) is 2.91. The molecule has 1 rings (SSSR count). The molecule has 0 saturated heterocycles. The Morgan fingerprint density at radius 1 is 1.30 bits per heavy atom. The predicted molar refractivity (Wildman–Crippen MR) is 76.3 cm³/mol. The third kappa shape index (κ3) is 4.20. The third-order valence-electron chi connectivity index (χ3n) is 4.37. The number of carbonyl (C=O) groups is 2. The van der Waals surface area contributed by atoms with Crippen LogP contribution in [0.5, 0.6) is 0 Å². The fourth-order valence-electron chi connectivity index (χ4n) is 2.91. The van der Waals surface area contributed by atoms with Gasteiger partial charge in [-0.05, 0) is 24.7 Å². The molecule has 0 radical (unpaired) electrons. The number of nitrogens with one attached hydrogen (secondary N) is 1. The summed E-state index contributed by atoms with van der Waals surface area (Å²) in [5, 5.41) is 12.2.